The molecule has 0 saturated carbocycles. The molecule has 1 heterocycles. The Balaban J connectivity index is 1.77. The number of ketones is 1. The van der Waals surface area contributed by atoms with Gasteiger partial charge >= 0.3 is 0 Å². The average Bonchev–Trinajstić information content (AvgIpc) is 3.44. The van der Waals surface area contributed by atoms with Crippen molar-refractivity contribution in [3.63, 3.8) is 0 Å². The Bertz CT molecular complexity index is 1090. The molecule has 0 saturated heterocycles. The Labute approximate surface area is 312 Å². The number of nitrogens with one attached hydrogen (secondary N) is 3. The van der Waals surface area contributed by atoms with E-state index < -0.39 is 29.8 Å². The Morgan fingerprint density at radius 2 is 0.962 bits per heavy atom. The highest BCUT2D eigenvalue weighted by molar-refractivity contribution is 6.13. The third kappa shape index (κ3) is 25.3. The van der Waals surface area contributed by atoms with Crippen LogP contribution in [0.4, 0.5) is 0 Å². The standard InChI is InChI=1S/C35H60N4O14/c1-27(2)34(35(45)37-28(3)29(4)40)38-31(42)8-11-46-13-15-48-17-19-50-21-23-52-25-26-53-24-22-51-20-18-49-16-14-47-12-9-36-30(41)7-10-39-32(43)5-6-33(39)44/h5-6,27-28,34H,7-26H2,1-4H3,(H,36,41)(H,37,45)(H,38,42). The lowest BCUT2D eigenvalue weighted by Crippen LogP contribution is -2.52. The molecule has 0 aromatic heterocycles. The summed E-state index contributed by atoms with van der Waals surface area (Å²) in [7, 11) is 0. The van der Waals surface area contributed by atoms with Crippen molar-refractivity contribution in [3.8, 4) is 0 Å². The van der Waals surface area contributed by atoms with Crippen LogP contribution in [0.3, 0.4) is 0 Å². The number of carbonyl (C=O) groups excluding carboxylic acids is 6. The van der Waals surface area contributed by atoms with Crippen molar-refractivity contribution < 1.29 is 66.7 Å². The zero-order chi connectivity index (χ0) is 39.1. The van der Waals surface area contributed by atoms with Gasteiger partial charge in [0, 0.05) is 38.1 Å². The molecule has 2 unspecified atom stereocenters. The Kier molecular flexibility index (Phi) is 27.9. The van der Waals surface area contributed by atoms with Gasteiger partial charge in [0.1, 0.15) is 6.04 Å². The van der Waals surface area contributed by atoms with Gasteiger partial charge in [0.2, 0.25) is 17.7 Å². The average molecular weight is 761 g/mol. The summed E-state index contributed by atoms with van der Waals surface area (Å²) < 4.78 is 43.5. The molecule has 1 aliphatic heterocycles. The molecule has 1 rings (SSSR count). The Morgan fingerprint density at radius 3 is 1.36 bits per heavy atom. The van der Waals surface area contributed by atoms with Crippen LogP contribution in [0.1, 0.15) is 40.5 Å². The van der Waals surface area contributed by atoms with Gasteiger partial charge in [-0.15, -0.1) is 0 Å². The van der Waals surface area contributed by atoms with Gasteiger partial charge in [0.15, 0.2) is 5.78 Å². The summed E-state index contributed by atoms with van der Waals surface area (Å²) in [5.41, 5.74) is 0. The summed E-state index contributed by atoms with van der Waals surface area (Å²) in [6.07, 6.45) is 2.51. The lowest BCUT2D eigenvalue weighted by molar-refractivity contribution is -0.137. The summed E-state index contributed by atoms with van der Waals surface area (Å²) in [6, 6.07) is -1.35. The van der Waals surface area contributed by atoms with Crippen LogP contribution in [-0.2, 0) is 66.7 Å². The SMILES string of the molecule is CC(=O)C(C)NC(=O)C(NC(=O)CCOCCOCCOCCOCCOCCOCCOCCOCCNC(=O)CCN1C(=O)C=CC1=O)C(C)C. The molecule has 0 radical (unpaired) electrons. The van der Waals surface area contributed by atoms with Gasteiger partial charge in [-0.2, -0.15) is 0 Å². The van der Waals surface area contributed by atoms with Gasteiger partial charge in [-0.25, -0.2) is 0 Å². The fourth-order valence-corrected chi connectivity index (χ4v) is 4.21. The van der Waals surface area contributed by atoms with Gasteiger partial charge in [-0.1, -0.05) is 13.8 Å². The first-order valence-corrected chi connectivity index (χ1v) is 18.0. The van der Waals surface area contributed by atoms with Crippen molar-refractivity contribution in [2.45, 2.75) is 52.6 Å². The van der Waals surface area contributed by atoms with E-state index in [1.165, 1.54) is 19.1 Å². The van der Waals surface area contributed by atoms with Crippen LogP contribution in [0.2, 0.25) is 0 Å². The summed E-state index contributed by atoms with van der Waals surface area (Å²) in [5.74, 6) is -2.08. The lowest BCUT2D eigenvalue weighted by Gasteiger charge is -2.23. The van der Waals surface area contributed by atoms with E-state index in [9.17, 15) is 28.8 Å². The first-order valence-electron chi connectivity index (χ1n) is 18.0. The highest BCUT2D eigenvalue weighted by Crippen LogP contribution is 2.05. The second-order valence-corrected chi connectivity index (χ2v) is 12.0. The molecule has 53 heavy (non-hydrogen) atoms. The van der Waals surface area contributed by atoms with Crippen molar-refractivity contribution in [2.24, 2.45) is 5.92 Å². The van der Waals surface area contributed by atoms with E-state index in [1.54, 1.807) is 6.92 Å². The smallest absolute Gasteiger partial charge is 0.253 e. The second-order valence-electron chi connectivity index (χ2n) is 12.0. The van der Waals surface area contributed by atoms with E-state index in [2.05, 4.69) is 16.0 Å². The Morgan fingerprint density at radius 1 is 0.566 bits per heavy atom. The van der Waals surface area contributed by atoms with E-state index in [-0.39, 0.29) is 49.5 Å². The van der Waals surface area contributed by atoms with Gasteiger partial charge in [0.25, 0.3) is 11.8 Å². The predicted molar refractivity (Wildman–Crippen MR) is 190 cm³/mol. The monoisotopic (exact) mass is 760 g/mol. The fraction of sp³-hybridized carbons (Fsp3) is 0.771. The van der Waals surface area contributed by atoms with E-state index in [0.29, 0.717) is 106 Å². The van der Waals surface area contributed by atoms with Crippen LogP contribution in [-0.4, -0.2) is 171 Å². The van der Waals surface area contributed by atoms with Gasteiger partial charge in [-0.3, -0.25) is 33.7 Å². The quantitative estimate of drug-likeness (QED) is 0.0532. The number of ether oxygens (including phenoxy) is 8. The zero-order valence-corrected chi connectivity index (χ0v) is 31.7. The Hall–Kier alpha value is -3.36. The van der Waals surface area contributed by atoms with Crippen molar-refractivity contribution in [1.29, 1.82) is 0 Å². The third-order valence-corrected chi connectivity index (χ3v) is 7.34. The molecule has 0 spiro atoms. The van der Waals surface area contributed by atoms with Crippen LogP contribution >= 0.6 is 0 Å². The lowest BCUT2D eigenvalue weighted by atomic mass is 10.0. The number of hydrogen-bond donors (Lipinski definition) is 3. The van der Waals surface area contributed by atoms with Crippen molar-refractivity contribution in [3.05, 3.63) is 12.2 Å². The second kappa shape index (κ2) is 31.0. The third-order valence-electron chi connectivity index (χ3n) is 7.34. The van der Waals surface area contributed by atoms with Crippen LogP contribution in [0.25, 0.3) is 0 Å². The highest BCUT2D eigenvalue weighted by Gasteiger charge is 2.26. The molecule has 3 N–H and O–H groups in total. The zero-order valence-electron chi connectivity index (χ0n) is 31.7. The van der Waals surface area contributed by atoms with E-state index in [4.69, 9.17) is 37.9 Å². The number of imide groups is 1. The number of amides is 5. The summed E-state index contributed by atoms with van der Waals surface area (Å²) >= 11 is 0. The van der Waals surface area contributed by atoms with Crippen LogP contribution in [0, 0.1) is 5.92 Å². The van der Waals surface area contributed by atoms with E-state index in [0.717, 1.165) is 4.90 Å². The minimum absolute atomic E-state index is 0.0417. The molecule has 18 heteroatoms. The topological polar surface area (TPSA) is 216 Å². The number of hydrogen-bond acceptors (Lipinski definition) is 14. The summed E-state index contributed by atoms with van der Waals surface area (Å²) in [6.45, 7) is 13.2. The van der Waals surface area contributed by atoms with Crippen LogP contribution in [0.5, 0.6) is 0 Å². The minimum atomic E-state index is -0.736. The fourth-order valence-electron chi connectivity index (χ4n) is 4.21. The molecule has 0 aromatic rings. The van der Waals surface area contributed by atoms with Gasteiger partial charge in [0.05, 0.1) is 112 Å². The molecule has 5 amide bonds. The predicted octanol–water partition coefficient (Wildman–Crippen LogP) is -0.825. The van der Waals surface area contributed by atoms with Crippen molar-refractivity contribution in [1.82, 2.24) is 20.9 Å². The molecule has 2 atom stereocenters. The maximum atomic E-state index is 12.4. The minimum Gasteiger partial charge on any atom is -0.379 e. The normalized spacial score (nSPS) is 13.8. The summed E-state index contributed by atoms with van der Waals surface area (Å²) in [5, 5.41) is 7.99. The number of Topliss-reactive ketones (excluding diaryl/α,β-unsaturated/α-hetero) is 1. The number of rotatable bonds is 35. The first-order chi connectivity index (χ1) is 25.5. The molecular weight excluding hydrogens is 700 g/mol. The molecular formula is C35H60N4O14. The van der Waals surface area contributed by atoms with Crippen molar-refractivity contribution >= 4 is 35.3 Å². The van der Waals surface area contributed by atoms with Crippen LogP contribution in [0.15, 0.2) is 12.2 Å². The molecule has 0 bridgehead atoms. The summed E-state index contributed by atoms with van der Waals surface area (Å²) in [4.78, 5) is 71.8. The molecule has 1 aliphatic rings. The highest BCUT2D eigenvalue weighted by atomic mass is 16.6. The maximum Gasteiger partial charge on any atom is 0.253 e. The largest absolute Gasteiger partial charge is 0.379 e. The molecule has 0 aliphatic carbocycles. The molecule has 0 aromatic carbocycles. The van der Waals surface area contributed by atoms with Gasteiger partial charge < -0.3 is 53.8 Å². The van der Waals surface area contributed by atoms with Gasteiger partial charge in [-0.05, 0) is 19.8 Å². The first kappa shape index (κ1) is 47.7. The number of carbonyl (C=O) groups is 6. The van der Waals surface area contributed by atoms with E-state index in [1.807, 2.05) is 13.8 Å². The van der Waals surface area contributed by atoms with E-state index >= 15 is 0 Å². The van der Waals surface area contributed by atoms with Crippen LogP contribution < -0.4 is 16.0 Å². The maximum absolute atomic E-state index is 12.4. The molecule has 0 fully saturated rings. The molecule has 18 nitrogen and oxygen atoms in total. The number of nitrogens with zero attached hydrogens (tertiary/aromatic N) is 1. The molecule has 304 valence electrons. The van der Waals surface area contributed by atoms with Crippen molar-refractivity contribution in [2.75, 3.05) is 119 Å².